The van der Waals surface area contributed by atoms with Gasteiger partial charge in [0.2, 0.25) is 0 Å². The molecule has 1 aromatic heterocycles. The Balaban J connectivity index is 1.86. The number of carbonyl (C=O) groups is 1. The second kappa shape index (κ2) is 4.49. The van der Waals surface area contributed by atoms with E-state index in [9.17, 15) is 4.79 Å². The van der Waals surface area contributed by atoms with Gasteiger partial charge in [-0.1, -0.05) is 0 Å². The summed E-state index contributed by atoms with van der Waals surface area (Å²) in [7, 11) is 0. The third-order valence-corrected chi connectivity index (χ3v) is 2.62. The van der Waals surface area contributed by atoms with Gasteiger partial charge in [0.15, 0.2) is 0 Å². The van der Waals surface area contributed by atoms with Crippen molar-refractivity contribution >= 4 is 5.97 Å². The van der Waals surface area contributed by atoms with Crippen LogP contribution in [0.2, 0.25) is 0 Å². The molecule has 0 bridgehead atoms. The topological polar surface area (TPSA) is 53.7 Å². The summed E-state index contributed by atoms with van der Waals surface area (Å²) in [6, 6.07) is 4.35. The molecule has 0 atom stereocenters. The highest BCUT2D eigenvalue weighted by Gasteiger charge is 2.29. The Kier molecular flexibility index (Phi) is 3.06. The van der Waals surface area contributed by atoms with E-state index in [0.717, 1.165) is 12.3 Å². The molecule has 0 amide bonds. The molecule has 15 heavy (non-hydrogen) atoms. The van der Waals surface area contributed by atoms with E-state index in [1.165, 1.54) is 12.8 Å². The lowest BCUT2D eigenvalue weighted by Gasteiger charge is -2.19. The minimum Gasteiger partial charge on any atom is -0.481 e. The molecule has 0 saturated heterocycles. The molecule has 1 aliphatic carbocycles. The Morgan fingerprint density at radius 1 is 1.60 bits per heavy atom. The normalized spacial score (nSPS) is 15.8. The van der Waals surface area contributed by atoms with Crippen molar-refractivity contribution in [2.75, 3.05) is 6.54 Å². The van der Waals surface area contributed by atoms with E-state index in [4.69, 9.17) is 9.52 Å². The van der Waals surface area contributed by atoms with E-state index in [0.29, 0.717) is 12.6 Å². The summed E-state index contributed by atoms with van der Waals surface area (Å²) in [5, 5.41) is 8.64. The molecule has 1 N–H and O–H groups in total. The first kappa shape index (κ1) is 10.2. The zero-order chi connectivity index (χ0) is 10.7. The first-order valence-electron chi connectivity index (χ1n) is 5.24. The summed E-state index contributed by atoms with van der Waals surface area (Å²) in [6.07, 6.45) is 4.22. The van der Waals surface area contributed by atoms with Crippen LogP contribution < -0.4 is 0 Å². The minimum absolute atomic E-state index is 0.206. The summed E-state index contributed by atoms with van der Waals surface area (Å²) >= 11 is 0. The Labute approximate surface area is 88.5 Å². The lowest BCUT2D eigenvalue weighted by atomic mass is 10.3. The molecule has 1 aliphatic rings. The molecule has 82 valence electrons. The molecule has 4 nitrogen and oxygen atoms in total. The van der Waals surface area contributed by atoms with E-state index >= 15 is 0 Å². The highest BCUT2D eigenvalue weighted by atomic mass is 16.4. The van der Waals surface area contributed by atoms with Crippen LogP contribution in [-0.2, 0) is 11.3 Å². The van der Waals surface area contributed by atoms with Gasteiger partial charge in [-0.3, -0.25) is 9.69 Å². The van der Waals surface area contributed by atoms with Gasteiger partial charge in [-0.05, 0) is 25.0 Å². The molecule has 0 aromatic carbocycles. The van der Waals surface area contributed by atoms with Crippen molar-refractivity contribution in [3.05, 3.63) is 24.2 Å². The predicted molar refractivity (Wildman–Crippen MR) is 54.4 cm³/mol. The number of aliphatic carboxylic acids is 1. The summed E-state index contributed by atoms with van der Waals surface area (Å²) in [5.74, 6) is 0.174. The van der Waals surface area contributed by atoms with E-state index < -0.39 is 5.97 Å². The number of rotatable bonds is 6. The molecule has 1 fully saturated rings. The van der Waals surface area contributed by atoms with Crippen molar-refractivity contribution < 1.29 is 14.3 Å². The van der Waals surface area contributed by atoms with E-state index in [2.05, 4.69) is 4.90 Å². The van der Waals surface area contributed by atoms with Crippen LogP contribution in [0, 0.1) is 0 Å². The van der Waals surface area contributed by atoms with Crippen LogP contribution in [0.5, 0.6) is 0 Å². The third kappa shape index (κ3) is 3.09. The maximum absolute atomic E-state index is 10.5. The van der Waals surface area contributed by atoms with Gasteiger partial charge in [-0.2, -0.15) is 0 Å². The van der Waals surface area contributed by atoms with Gasteiger partial charge in [-0.15, -0.1) is 0 Å². The van der Waals surface area contributed by atoms with Crippen LogP contribution in [0.3, 0.4) is 0 Å². The molecule has 0 aliphatic heterocycles. The maximum atomic E-state index is 10.5. The van der Waals surface area contributed by atoms with E-state index in [1.54, 1.807) is 6.26 Å². The average molecular weight is 209 g/mol. The molecule has 0 unspecified atom stereocenters. The van der Waals surface area contributed by atoms with Crippen molar-refractivity contribution in [1.82, 2.24) is 4.90 Å². The van der Waals surface area contributed by atoms with Gasteiger partial charge in [0.1, 0.15) is 5.76 Å². The summed E-state index contributed by atoms with van der Waals surface area (Å²) in [5.41, 5.74) is 0. The van der Waals surface area contributed by atoms with E-state index in [-0.39, 0.29) is 6.42 Å². The fraction of sp³-hybridized carbons (Fsp3) is 0.545. The van der Waals surface area contributed by atoms with Crippen molar-refractivity contribution in [2.24, 2.45) is 0 Å². The first-order chi connectivity index (χ1) is 7.25. The monoisotopic (exact) mass is 209 g/mol. The zero-order valence-electron chi connectivity index (χ0n) is 8.56. The Morgan fingerprint density at radius 2 is 2.40 bits per heavy atom. The van der Waals surface area contributed by atoms with Gasteiger partial charge < -0.3 is 9.52 Å². The number of hydrogen-bond donors (Lipinski definition) is 1. The van der Waals surface area contributed by atoms with Gasteiger partial charge in [-0.25, -0.2) is 0 Å². The number of nitrogens with zero attached hydrogens (tertiary/aromatic N) is 1. The smallest absolute Gasteiger partial charge is 0.304 e. The fourth-order valence-electron chi connectivity index (χ4n) is 1.67. The fourth-order valence-corrected chi connectivity index (χ4v) is 1.67. The van der Waals surface area contributed by atoms with Crippen LogP contribution in [0.4, 0.5) is 0 Å². The number of hydrogen-bond acceptors (Lipinski definition) is 3. The number of carboxylic acid groups (broad SMARTS) is 1. The molecule has 0 spiro atoms. The lowest BCUT2D eigenvalue weighted by molar-refractivity contribution is -0.137. The second-order valence-electron chi connectivity index (χ2n) is 3.92. The van der Waals surface area contributed by atoms with Crippen LogP contribution in [-0.4, -0.2) is 28.6 Å². The molecule has 2 rings (SSSR count). The average Bonchev–Trinajstić information content (AvgIpc) is 2.91. The van der Waals surface area contributed by atoms with Gasteiger partial charge in [0, 0.05) is 12.6 Å². The molecule has 1 saturated carbocycles. The minimum atomic E-state index is -0.736. The Hall–Kier alpha value is -1.29. The molecule has 1 heterocycles. The third-order valence-electron chi connectivity index (χ3n) is 2.62. The quantitative estimate of drug-likeness (QED) is 0.775. The molecule has 4 heteroatoms. The molecule has 1 aromatic rings. The number of furan rings is 1. The van der Waals surface area contributed by atoms with Crippen LogP contribution in [0.1, 0.15) is 25.0 Å². The SMILES string of the molecule is O=C(O)CCN(Cc1ccco1)C1CC1. The van der Waals surface area contributed by atoms with Crippen LogP contribution in [0.25, 0.3) is 0 Å². The summed E-state index contributed by atoms with van der Waals surface area (Å²) < 4.78 is 5.26. The zero-order valence-corrected chi connectivity index (χ0v) is 8.56. The van der Waals surface area contributed by atoms with Crippen LogP contribution in [0.15, 0.2) is 22.8 Å². The Bertz CT molecular complexity index is 317. The highest BCUT2D eigenvalue weighted by Crippen LogP contribution is 2.28. The summed E-state index contributed by atoms with van der Waals surface area (Å²) in [4.78, 5) is 12.7. The van der Waals surface area contributed by atoms with Gasteiger partial charge in [0.05, 0.1) is 19.2 Å². The van der Waals surface area contributed by atoms with Crippen molar-refractivity contribution in [3.8, 4) is 0 Å². The van der Waals surface area contributed by atoms with Crippen molar-refractivity contribution in [3.63, 3.8) is 0 Å². The van der Waals surface area contributed by atoms with Gasteiger partial charge >= 0.3 is 5.97 Å². The van der Waals surface area contributed by atoms with Crippen molar-refractivity contribution in [1.29, 1.82) is 0 Å². The van der Waals surface area contributed by atoms with Gasteiger partial charge in [0.25, 0.3) is 0 Å². The maximum Gasteiger partial charge on any atom is 0.304 e. The van der Waals surface area contributed by atoms with Crippen molar-refractivity contribution in [2.45, 2.75) is 31.8 Å². The molecular formula is C11H15NO3. The first-order valence-corrected chi connectivity index (χ1v) is 5.24. The number of carboxylic acids is 1. The second-order valence-corrected chi connectivity index (χ2v) is 3.92. The largest absolute Gasteiger partial charge is 0.481 e. The lowest BCUT2D eigenvalue weighted by Crippen LogP contribution is -2.27. The standard InChI is InChI=1S/C11H15NO3/c13-11(14)5-6-12(9-3-4-9)8-10-2-1-7-15-10/h1-2,7,9H,3-6,8H2,(H,13,14). The molecule has 0 radical (unpaired) electrons. The summed E-state index contributed by atoms with van der Waals surface area (Å²) in [6.45, 7) is 1.34. The molecular weight excluding hydrogens is 194 g/mol. The van der Waals surface area contributed by atoms with Crippen LogP contribution >= 0.6 is 0 Å². The van der Waals surface area contributed by atoms with E-state index in [1.807, 2.05) is 12.1 Å². The Morgan fingerprint density at radius 3 is 2.93 bits per heavy atom. The predicted octanol–water partition coefficient (Wildman–Crippen LogP) is 1.72. The highest BCUT2D eigenvalue weighted by molar-refractivity contribution is 5.66.